The van der Waals surface area contributed by atoms with Crippen LogP contribution in [0.25, 0.3) is 0 Å². The number of hydrogen-bond acceptors (Lipinski definition) is 4. The molecule has 1 unspecified atom stereocenters. The van der Waals surface area contributed by atoms with Gasteiger partial charge < -0.3 is 9.84 Å². The zero-order valence-corrected chi connectivity index (χ0v) is 13.3. The van der Waals surface area contributed by atoms with E-state index in [1.807, 2.05) is 0 Å². The summed E-state index contributed by atoms with van der Waals surface area (Å²) in [6.07, 6.45) is 2.48. The Bertz CT molecular complexity index is 676. The molecule has 23 heavy (non-hydrogen) atoms. The van der Waals surface area contributed by atoms with Crippen molar-refractivity contribution in [3.63, 3.8) is 0 Å². The van der Waals surface area contributed by atoms with Crippen LogP contribution in [0.15, 0.2) is 29.2 Å². The van der Waals surface area contributed by atoms with Gasteiger partial charge in [-0.25, -0.2) is 8.42 Å². The van der Waals surface area contributed by atoms with Crippen molar-refractivity contribution in [3.8, 4) is 5.75 Å². The Morgan fingerprint density at radius 2 is 2.00 bits per heavy atom. The molecule has 0 radical (unpaired) electrons. The maximum absolute atomic E-state index is 13.0. The summed E-state index contributed by atoms with van der Waals surface area (Å²) in [6, 6.07) is 5.45. The highest BCUT2D eigenvalue weighted by Gasteiger charge is 2.51. The van der Waals surface area contributed by atoms with Crippen LogP contribution in [0.3, 0.4) is 0 Å². The molecule has 1 saturated carbocycles. The van der Waals surface area contributed by atoms with Gasteiger partial charge in [0.1, 0.15) is 10.6 Å². The molecule has 1 aliphatic carbocycles. The molecule has 0 aromatic heterocycles. The van der Waals surface area contributed by atoms with Crippen molar-refractivity contribution in [2.24, 2.45) is 0 Å². The van der Waals surface area contributed by atoms with E-state index in [1.165, 1.54) is 28.6 Å². The Balaban J connectivity index is 1.98. The SMILES string of the molecule is O=S(=O)(c1ccccc1OC(F)F)N1CCC(O)CC12CCC2. The Morgan fingerprint density at radius 3 is 2.61 bits per heavy atom. The van der Waals surface area contributed by atoms with Crippen molar-refractivity contribution < 1.29 is 27.0 Å². The normalized spacial score (nSPS) is 24.6. The lowest BCUT2D eigenvalue weighted by Crippen LogP contribution is -2.60. The lowest BCUT2D eigenvalue weighted by Gasteiger charge is -2.53. The first-order valence-electron chi connectivity index (χ1n) is 7.60. The number of benzene rings is 1. The van der Waals surface area contributed by atoms with Gasteiger partial charge in [-0.1, -0.05) is 12.1 Å². The molecule has 0 amide bonds. The van der Waals surface area contributed by atoms with E-state index in [9.17, 15) is 22.3 Å². The van der Waals surface area contributed by atoms with Gasteiger partial charge in [0.05, 0.1) is 6.10 Å². The fraction of sp³-hybridized carbons (Fsp3) is 0.600. The number of hydrogen-bond donors (Lipinski definition) is 1. The maximum Gasteiger partial charge on any atom is 0.387 e. The van der Waals surface area contributed by atoms with E-state index in [0.717, 1.165) is 6.42 Å². The van der Waals surface area contributed by atoms with E-state index in [2.05, 4.69) is 4.74 Å². The minimum absolute atomic E-state index is 0.187. The topological polar surface area (TPSA) is 66.8 Å². The Morgan fingerprint density at radius 1 is 1.30 bits per heavy atom. The molecule has 1 spiro atoms. The molecule has 3 rings (SSSR count). The molecule has 1 heterocycles. The number of halogens is 2. The molecule has 2 aliphatic rings. The third-order valence-electron chi connectivity index (χ3n) is 4.73. The fourth-order valence-electron chi connectivity index (χ4n) is 3.53. The first-order chi connectivity index (χ1) is 10.8. The van der Waals surface area contributed by atoms with Crippen LogP contribution in [-0.2, 0) is 10.0 Å². The van der Waals surface area contributed by atoms with E-state index in [4.69, 9.17) is 0 Å². The van der Waals surface area contributed by atoms with E-state index in [0.29, 0.717) is 25.7 Å². The van der Waals surface area contributed by atoms with Gasteiger partial charge in [0.15, 0.2) is 0 Å². The van der Waals surface area contributed by atoms with Crippen LogP contribution >= 0.6 is 0 Å². The molecule has 1 N–H and O–H groups in total. The molecule has 1 aromatic carbocycles. The number of ether oxygens (including phenoxy) is 1. The highest BCUT2D eigenvalue weighted by Crippen LogP contribution is 2.47. The molecule has 2 fully saturated rings. The Labute approximate surface area is 133 Å². The second-order valence-electron chi connectivity index (χ2n) is 6.13. The van der Waals surface area contributed by atoms with Crippen LogP contribution in [0.4, 0.5) is 8.78 Å². The highest BCUT2D eigenvalue weighted by atomic mass is 32.2. The Hall–Kier alpha value is -1.25. The zero-order valence-electron chi connectivity index (χ0n) is 12.5. The van der Waals surface area contributed by atoms with Gasteiger partial charge in [-0.05, 0) is 44.2 Å². The quantitative estimate of drug-likeness (QED) is 0.908. The van der Waals surface area contributed by atoms with E-state index >= 15 is 0 Å². The summed E-state index contributed by atoms with van der Waals surface area (Å²) in [4.78, 5) is -0.247. The predicted octanol–water partition coefficient (Wildman–Crippen LogP) is 2.36. The number of nitrogens with zero attached hydrogens (tertiary/aromatic N) is 1. The largest absolute Gasteiger partial charge is 0.433 e. The van der Waals surface area contributed by atoms with Crippen molar-refractivity contribution in [1.82, 2.24) is 4.31 Å². The average molecular weight is 347 g/mol. The van der Waals surface area contributed by atoms with Crippen molar-refractivity contribution in [3.05, 3.63) is 24.3 Å². The van der Waals surface area contributed by atoms with Gasteiger partial charge in [-0.2, -0.15) is 13.1 Å². The number of alkyl halides is 2. The molecular formula is C15H19F2NO4S. The first-order valence-corrected chi connectivity index (χ1v) is 9.04. The van der Waals surface area contributed by atoms with E-state index < -0.39 is 28.3 Å². The van der Waals surface area contributed by atoms with Gasteiger partial charge >= 0.3 is 6.61 Å². The van der Waals surface area contributed by atoms with Gasteiger partial charge in [0.2, 0.25) is 10.0 Å². The summed E-state index contributed by atoms with van der Waals surface area (Å²) >= 11 is 0. The van der Waals surface area contributed by atoms with Crippen molar-refractivity contribution in [2.45, 2.75) is 55.3 Å². The smallest absolute Gasteiger partial charge is 0.387 e. The Kier molecular flexibility index (Phi) is 4.33. The summed E-state index contributed by atoms with van der Waals surface area (Å²) in [7, 11) is -3.97. The molecule has 5 nitrogen and oxygen atoms in total. The van der Waals surface area contributed by atoms with Crippen LogP contribution in [-0.4, -0.2) is 42.6 Å². The second kappa shape index (κ2) is 5.99. The van der Waals surface area contributed by atoms with Gasteiger partial charge in [0, 0.05) is 12.1 Å². The van der Waals surface area contributed by atoms with Crippen LogP contribution in [0, 0.1) is 0 Å². The minimum atomic E-state index is -3.97. The minimum Gasteiger partial charge on any atom is -0.433 e. The summed E-state index contributed by atoms with van der Waals surface area (Å²) in [5, 5.41) is 9.89. The van der Waals surface area contributed by atoms with Gasteiger partial charge in [-0.3, -0.25) is 0 Å². The highest BCUT2D eigenvalue weighted by molar-refractivity contribution is 7.89. The van der Waals surface area contributed by atoms with Crippen molar-refractivity contribution in [2.75, 3.05) is 6.54 Å². The molecular weight excluding hydrogens is 328 g/mol. The van der Waals surface area contributed by atoms with E-state index in [-0.39, 0.29) is 17.2 Å². The molecule has 128 valence electrons. The lowest BCUT2D eigenvalue weighted by molar-refractivity contribution is -0.0520. The molecule has 1 aromatic rings. The summed E-state index contributed by atoms with van der Waals surface area (Å²) in [5.74, 6) is -0.344. The predicted molar refractivity (Wildman–Crippen MR) is 78.8 cm³/mol. The standard InChI is InChI=1S/C15H19F2NO4S/c16-14(17)22-12-4-1-2-5-13(12)23(20,21)18-9-6-11(19)10-15(18)7-3-8-15/h1-2,4-5,11,14,19H,3,6-10H2. The number of sulfonamides is 1. The number of aliphatic hydroxyl groups excluding tert-OH is 1. The number of rotatable bonds is 4. The van der Waals surface area contributed by atoms with Gasteiger partial charge in [0.25, 0.3) is 0 Å². The average Bonchev–Trinajstić information content (AvgIpc) is 2.45. The number of aliphatic hydroxyl groups is 1. The molecule has 1 saturated heterocycles. The summed E-state index contributed by atoms with van der Waals surface area (Å²) in [6.45, 7) is -2.90. The van der Waals surface area contributed by atoms with Gasteiger partial charge in [-0.15, -0.1) is 0 Å². The third kappa shape index (κ3) is 2.95. The third-order valence-corrected chi connectivity index (χ3v) is 6.77. The monoisotopic (exact) mass is 347 g/mol. The fourth-order valence-corrected chi connectivity index (χ4v) is 5.51. The molecule has 1 aliphatic heterocycles. The van der Waals surface area contributed by atoms with Crippen LogP contribution < -0.4 is 4.74 Å². The van der Waals surface area contributed by atoms with Crippen molar-refractivity contribution >= 4 is 10.0 Å². The molecule has 1 atom stereocenters. The lowest BCUT2D eigenvalue weighted by atomic mass is 9.71. The summed E-state index contributed by atoms with van der Waals surface area (Å²) in [5.41, 5.74) is -0.589. The number of para-hydroxylation sites is 1. The molecule has 0 bridgehead atoms. The first kappa shape index (κ1) is 16.6. The maximum atomic E-state index is 13.0. The second-order valence-corrected chi connectivity index (χ2v) is 7.96. The van der Waals surface area contributed by atoms with Crippen LogP contribution in [0.2, 0.25) is 0 Å². The van der Waals surface area contributed by atoms with Crippen molar-refractivity contribution in [1.29, 1.82) is 0 Å². The number of piperidine rings is 1. The molecule has 8 heteroatoms. The van der Waals surface area contributed by atoms with Crippen LogP contribution in [0.1, 0.15) is 32.1 Å². The summed E-state index contributed by atoms with van der Waals surface area (Å²) < 4.78 is 56.9. The van der Waals surface area contributed by atoms with E-state index in [1.54, 1.807) is 0 Å². The van der Waals surface area contributed by atoms with Crippen LogP contribution in [0.5, 0.6) is 5.75 Å². The zero-order chi connectivity index (χ0) is 16.7.